The first kappa shape index (κ1) is 16.0. The maximum absolute atomic E-state index is 12.6. The van der Waals surface area contributed by atoms with E-state index >= 15 is 0 Å². The van der Waals surface area contributed by atoms with Gasteiger partial charge in [0.2, 0.25) is 0 Å². The molecule has 0 atom stereocenters. The Morgan fingerprint density at radius 1 is 0.917 bits per heavy atom. The molecule has 3 rings (SSSR count). The predicted molar refractivity (Wildman–Crippen MR) is 92.9 cm³/mol. The molecule has 0 aromatic heterocycles. The van der Waals surface area contributed by atoms with Gasteiger partial charge in [-0.15, -0.1) is 0 Å². The Kier molecular flexibility index (Phi) is 5.08. The van der Waals surface area contributed by atoms with Gasteiger partial charge in [-0.05, 0) is 36.8 Å². The van der Waals surface area contributed by atoms with Crippen LogP contribution in [0.3, 0.4) is 0 Å². The van der Waals surface area contributed by atoms with Gasteiger partial charge in [0.1, 0.15) is 17.7 Å². The first-order valence-corrected chi connectivity index (χ1v) is 8.26. The number of carbonyl (C=O) groups excluding carboxylic acids is 1. The summed E-state index contributed by atoms with van der Waals surface area (Å²) in [6.45, 7) is 0. The topological polar surface area (TPSA) is 50.1 Å². The summed E-state index contributed by atoms with van der Waals surface area (Å²) in [4.78, 5) is 12.6. The SMILES string of the molecule is N#CC(C(=O)OC1CCCC1)=C(c1ccccc1)c1ccccc1. The monoisotopic (exact) mass is 317 g/mol. The number of ether oxygens (including phenoxy) is 1. The van der Waals surface area contributed by atoms with Gasteiger partial charge < -0.3 is 4.74 Å². The van der Waals surface area contributed by atoms with E-state index in [1.807, 2.05) is 60.7 Å². The third-order valence-electron chi connectivity index (χ3n) is 4.27. The molecule has 2 aromatic rings. The number of hydrogen-bond donors (Lipinski definition) is 0. The number of nitriles is 1. The van der Waals surface area contributed by atoms with E-state index in [-0.39, 0.29) is 11.7 Å². The van der Waals surface area contributed by atoms with Gasteiger partial charge in [-0.2, -0.15) is 5.26 Å². The van der Waals surface area contributed by atoms with Crippen LogP contribution in [0.5, 0.6) is 0 Å². The van der Waals surface area contributed by atoms with Crippen molar-refractivity contribution in [3.05, 3.63) is 77.4 Å². The summed E-state index contributed by atoms with van der Waals surface area (Å²) >= 11 is 0. The zero-order valence-electron chi connectivity index (χ0n) is 13.4. The van der Waals surface area contributed by atoms with Crippen LogP contribution in [0.4, 0.5) is 0 Å². The third kappa shape index (κ3) is 3.55. The van der Waals surface area contributed by atoms with Gasteiger partial charge in [0, 0.05) is 5.57 Å². The molecule has 120 valence electrons. The fraction of sp³-hybridized carbons (Fsp3) is 0.238. The second-order valence-corrected chi connectivity index (χ2v) is 5.91. The summed E-state index contributed by atoms with van der Waals surface area (Å²) in [5, 5.41) is 9.65. The summed E-state index contributed by atoms with van der Waals surface area (Å²) in [6.07, 6.45) is 3.86. The Labute approximate surface area is 142 Å². The summed E-state index contributed by atoms with van der Waals surface area (Å²) < 4.78 is 5.57. The molecule has 0 radical (unpaired) electrons. The lowest BCUT2D eigenvalue weighted by Crippen LogP contribution is -2.17. The molecule has 0 amide bonds. The van der Waals surface area contributed by atoms with E-state index < -0.39 is 5.97 Å². The number of hydrogen-bond acceptors (Lipinski definition) is 3. The molecule has 3 heteroatoms. The molecule has 0 unspecified atom stereocenters. The van der Waals surface area contributed by atoms with Crippen LogP contribution >= 0.6 is 0 Å². The van der Waals surface area contributed by atoms with E-state index in [1.165, 1.54) is 0 Å². The molecule has 24 heavy (non-hydrogen) atoms. The van der Waals surface area contributed by atoms with Gasteiger partial charge >= 0.3 is 5.97 Å². The molecule has 0 N–H and O–H groups in total. The maximum atomic E-state index is 12.6. The van der Waals surface area contributed by atoms with Crippen molar-refractivity contribution in [1.29, 1.82) is 5.26 Å². The van der Waals surface area contributed by atoms with Gasteiger partial charge in [0.05, 0.1) is 0 Å². The average Bonchev–Trinajstić information content (AvgIpc) is 3.14. The molecule has 1 aliphatic carbocycles. The number of nitrogens with zero attached hydrogens (tertiary/aromatic N) is 1. The van der Waals surface area contributed by atoms with Crippen LogP contribution in [-0.2, 0) is 9.53 Å². The third-order valence-corrected chi connectivity index (χ3v) is 4.27. The van der Waals surface area contributed by atoms with Crippen LogP contribution < -0.4 is 0 Å². The quantitative estimate of drug-likeness (QED) is 0.474. The molecule has 3 nitrogen and oxygen atoms in total. The smallest absolute Gasteiger partial charge is 0.349 e. The molecule has 0 spiro atoms. The van der Waals surface area contributed by atoms with Crippen molar-refractivity contribution in [2.45, 2.75) is 31.8 Å². The predicted octanol–water partition coefficient (Wildman–Crippen LogP) is 4.50. The highest BCUT2D eigenvalue weighted by Crippen LogP contribution is 2.29. The lowest BCUT2D eigenvalue weighted by atomic mass is 9.93. The van der Waals surface area contributed by atoms with Gasteiger partial charge in [-0.1, -0.05) is 60.7 Å². The zero-order valence-corrected chi connectivity index (χ0v) is 13.4. The van der Waals surface area contributed by atoms with E-state index in [1.54, 1.807) is 0 Å². The Morgan fingerprint density at radius 2 is 1.42 bits per heavy atom. The van der Waals surface area contributed by atoms with Crippen molar-refractivity contribution in [2.24, 2.45) is 0 Å². The Morgan fingerprint density at radius 3 is 1.88 bits per heavy atom. The highest BCUT2D eigenvalue weighted by atomic mass is 16.5. The molecule has 0 saturated heterocycles. The molecular formula is C21H19NO2. The molecule has 0 heterocycles. The highest BCUT2D eigenvalue weighted by molar-refractivity contribution is 6.05. The Bertz CT molecular complexity index is 725. The van der Waals surface area contributed by atoms with Crippen molar-refractivity contribution in [1.82, 2.24) is 0 Å². The van der Waals surface area contributed by atoms with E-state index in [2.05, 4.69) is 6.07 Å². The van der Waals surface area contributed by atoms with Crippen LogP contribution in [0.1, 0.15) is 36.8 Å². The van der Waals surface area contributed by atoms with Crippen LogP contribution in [-0.4, -0.2) is 12.1 Å². The number of esters is 1. The maximum Gasteiger partial charge on any atom is 0.349 e. The van der Waals surface area contributed by atoms with Crippen molar-refractivity contribution >= 4 is 11.5 Å². The van der Waals surface area contributed by atoms with Gasteiger partial charge in [-0.25, -0.2) is 4.79 Å². The van der Waals surface area contributed by atoms with Crippen LogP contribution in [0.2, 0.25) is 0 Å². The average molecular weight is 317 g/mol. The number of rotatable bonds is 4. The Hall–Kier alpha value is -2.86. The zero-order chi connectivity index (χ0) is 16.8. The van der Waals surface area contributed by atoms with E-state index in [9.17, 15) is 10.1 Å². The van der Waals surface area contributed by atoms with Crippen molar-refractivity contribution < 1.29 is 9.53 Å². The number of benzene rings is 2. The molecule has 1 fully saturated rings. The summed E-state index contributed by atoms with van der Waals surface area (Å²) in [6, 6.07) is 21.1. The molecule has 0 aliphatic heterocycles. The lowest BCUT2D eigenvalue weighted by molar-refractivity contribution is -0.143. The van der Waals surface area contributed by atoms with Crippen LogP contribution in [0.15, 0.2) is 66.2 Å². The van der Waals surface area contributed by atoms with E-state index in [0.29, 0.717) is 5.57 Å². The van der Waals surface area contributed by atoms with Crippen molar-refractivity contribution in [3.63, 3.8) is 0 Å². The summed E-state index contributed by atoms with van der Waals surface area (Å²) in [5.74, 6) is -0.521. The minimum atomic E-state index is -0.521. The van der Waals surface area contributed by atoms with Crippen molar-refractivity contribution in [2.75, 3.05) is 0 Å². The fourth-order valence-electron chi connectivity index (χ4n) is 3.09. The fourth-order valence-corrected chi connectivity index (χ4v) is 3.09. The van der Waals surface area contributed by atoms with Crippen molar-refractivity contribution in [3.8, 4) is 6.07 Å². The second-order valence-electron chi connectivity index (χ2n) is 5.91. The van der Waals surface area contributed by atoms with Crippen LogP contribution in [0, 0.1) is 11.3 Å². The highest BCUT2D eigenvalue weighted by Gasteiger charge is 2.24. The molecule has 2 aromatic carbocycles. The van der Waals surface area contributed by atoms with Gasteiger partial charge in [0.15, 0.2) is 0 Å². The molecular weight excluding hydrogens is 298 g/mol. The molecule has 1 saturated carbocycles. The first-order valence-electron chi connectivity index (χ1n) is 8.26. The standard InChI is InChI=1S/C21H19NO2/c22-15-19(21(23)24-18-13-7-8-14-18)20(16-9-3-1-4-10-16)17-11-5-2-6-12-17/h1-6,9-12,18H,7-8,13-14H2. The summed E-state index contributed by atoms with van der Waals surface area (Å²) in [7, 11) is 0. The van der Waals surface area contributed by atoms with Gasteiger partial charge in [-0.3, -0.25) is 0 Å². The normalized spacial score (nSPS) is 14.0. The minimum Gasteiger partial charge on any atom is -0.458 e. The molecule has 0 bridgehead atoms. The van der Waals surface area contributed by atoms with Gasteiger partial charge in [0.25, 0.3) is 0 Å². The van der Waals surface area contributed by atoms with E-state index in [4.69, 9.17) is 4.74 Å². The second kappa shape index (κ2) is 7.61. The number of carbonyl (C=O) groups is 1. The first-order chi connectivity index (χ1) is 11.8. The Balaban J connectivity index is 2.05. The molecule has 1 aliphatic rings. The minimum absolute atomic E-state index is 0.0614. The lowest BCUT2D eigenvalue weighted by Gasteiger charge is -2.14. The largest absolute Gasteiger partial charge is 0.458 e. The van der Waals surface area contributed by atoms with Crippen LogP contribution in [0.25, 0.3) is 5.57 Å². The summed E-state index contributed by atoms with van der Waals surface area (Å²) in [5.41, 5.74) is 2.37. The van der Waals surface area contributed by atoms with E-state index in [0.717, 1.165) is 36.8 Å².